The van der Waals surface area contributed by atoms with E-state index in [0.29, 0.717) is 13.1 Å². The highest BCUT2D eigenvalue weighted by molar-refractivity contribution is 5.84. The second kappa shape index (κ2) is 7.03. The number of hydrogen-bond acceptors (Lipinski definition) is 5. The number of benzene rings is 1. The summed E-state index contributed by atoms with van der Waals surface area (Å²) in [5.74, 6) is 0.768. The molecule has 2 fully saturated rings. The Bertz CT molecular complexity index is 745. The SMILES string of the molecule is COc1ccc2c(c1)[C@H](C)N(C(=O)CN1CC3(CCNCC3)OC1=O)CC2. The Morgan fingerprint density at radius 1 is 1.37 bits per heavy atom. The Labute approximate surface area is 159 Å². The first-order chi connectivity index (χ1) is 13.0. The van der Waals surface area contributed by atoms with Gasteiger partial charge < -0.3 is 19.7 Å². The zero-order valence-electron chi connectivity index (χ0n) is 16.0. The van der Waals surface area contributed by atoms with Gasteiger partial charge in [0, 0.05) is 19.4 Å². The number of rotatable bonds is 3. The van der Waals surface area contributed by atoms with Crippen molar-refractivity contribution < 1.29 is 19.1 Å². The molecule has 7 heteroatoms. The molecular formula is C20H27N3O4. The van der Waals surface area contributed by atoms with Crippen molar-refractivity contribution in [2.45, 2.75) is 37.8 Å². The van der Waals surface area contributed by atoms with Crippen LogP contribution >= 0.6 is 0 Å². The molecule has 4 rings (SSSR count). The summed E-state index contributed by atoms with van der Waals surface area (Å²) < 4.78 is 11.0. The predicted octanol–water partition coefficient (Wildman–Crippen LogP) is 1.72. The van der Waals surface area contributed by atoms with Gasteiger partial charge in [-0.2, -0.15) is 0 Å². The highest BCUT2D eigenvalue weighted by Crippen LogP contribution is 2.34. The van der Waals surface area contributed by atoms with Gasteiger partial charge in [-0.1, -0.05) is 6.07 Å². The molecule has 2 amide bonds. The molecule has 0 radical (unpaired) electrons. The third-order valence-electron chi connectivity index (χ3n) is 6.09. The molecule has 3 heterocycles. The molecule has 7 nitrogen and oxygen atoms in total. The maximum absolute atomic E-state index is 13.0. The molecule has 0 aromatic heterocycles. The number of carbonyl (C=O) groups excluding carboxylic acids is 2. The van der Waals surface area contributed by atoms with Gasteiger partial charge in [0.1, 0.15) is 17.9 Å². The van der Waals surface area contributed by atoms with Crippen LogP contribution in [0.5, 0.6) is 5.75 Å². The van der Waals surface area contributed by atoms with Gasteiger partial charge in [0.15, 0.2) is 0 Å². The van der Waals surface area contributed by atoms with E-state index in [9.17, 15) is 9.59 Å². The van der Waals surface area contributed by atoms with Gasteiger partial charge in [-0.15, -0.1) is 0 Å². The zero-order valence-corrected chi connectivity index (χ0v) is 16.0. The first kappa shape index (κ1) is 18.1. The van der Waals surface area contributed by atoms with Crippen molar-refractivity contribution in [2.75, 3.05) is 39.8 Å². The Morgan fingerprint density at radius 2 is 2.15 bits per heavy atom. The fourth-order valence-corrected chi connectivity index (χ4v) is 4.47. The molecule has 3 aliphatic rings. The Kier molecular flexibility index (Phi) is 4.72. The number of piperidine rings is 1. The standard InChI is InChI=1S/C20H27N3O4/c1-14-17-11-16(26-2)4-3-15(17)5-10-23(14)18(24)12-22-13-20(27-19(22)25)6-8-21-9-7-20/h3-4,11,14,21H,5-10,12-13H2,1-2H3/t14-/m0/s1. The largest absolute Gasteiger partial charge is 0.497 e. The minimum atomic E-state index is -0.421. The van der Waals surface area contributed by atoms with Crippen LogP contribution in [0.4, 0.5) is 4.79 Å². The van der Waals surface area contributed by atoms with E-state index >= 15 is 0 Å². The third kappa shape index (κ3) is 3.36. The average Bonchev–Trinajstić information content (AvgIpc) is 2.96. The van der Waals surface area contributed by atoms with E-state index < -0.39 is 5.60 Å². The Morgan fingerprint density at radius 3 is 2.89 bits per heavy atom. The lowest BCUT2D eigenvalue weighted by atomic mass is 9.92. The highest BCUT2D eigenvalue weighted by Gasteiger charge is 2.46. The zero-order chi connectivity index (χ0) is 19.0. The van der Waals surface area contributed by atoms with E-state index in [1.54, 1.807) is 12.0 Å². The molecule has 1 aromatic carbocycles. The van der Waals surface area contributed by atoms with Gasteiger partial charge >= 0.3 is 6.09 Å². The number of ether oxygens (including phenoxy) is 2. The number of amides is 2. The Hall–Kier alpha value is -2.28. The quantitative estimate of drug-likeness (QED) is 0.874. The predicted molar refractivity (Wildman–Crippen MR) is 99.7 cm³/mol. The van der Waals surface area contributed by atoms with Crippen molar-refractivity contribution >= 4 is 12.0 Å². The molecule has 27 heavy (non-hydrogen) atoms. The summed E-state index contributed by atoms with van der Waals surface area (Å²) in [6.45, 7) is 4.97. The van der Waals surface area contributed by atoms with Crippen molar-refractivity contribution in [3.05, 3.63) is 29.3 Å². The molecule has 0 bridgehead atoms. The van der Waals surface area contributed by atoms with Crippen LogP contribution < -0.4 is 10.1 Å². The average molecular weight is 373 g/mol. The normalized spacial score (nSPS) is 23.9. The van der Waals surface area contributed by atoms with E-state index in [-0.39, 0.29) is 24.6 Å². The van der Waals surface area contributed by atoms with E-state index in [4.69, 9.17) is 9.47 Å². The molecule has 1 N–H and O–H groups in total. The number of carbonyl (C=O) groups is 2. The smallest absolute Gasteiger partial charge is 0.410 e. The van der Waals surface area contributed by atoms with E-state index in [0.717, 1.165) is 43.7 Å². The molecule has 0 saturated carbocycles. The lowest BCUT2D eigenvalue weighted by molar-refractivity contribution is -0.134. The molecule has 1 atom stereocenters. The van der Waals surface area contributed by atoms with Gasteiger partial charge in [-0.25, -0.2) is 4.79 Å². The maximum atomic E-state index is 13.0. The molecule has 146 valence electrons. The van der Waals surface area contributed by atoms with E-state index in [1.165, 1.54) is 5.56 Å². The molecule has 0 unspecified atom stereocenters. The summed E-state index contributed by atoms with van der Waals surface area (Å²) >= 11 is 0. The van der Waals surface area contributed by atoms with Gasteiger partial charge in [0.25, 0.3) is 0 Å². The van der Waals surface area contributed by atoms with Crippen molar-refractivity contribution in [2.24, 2.45) is 0 Å². The molecule has 1 spiro atoms. The minimum Gasteiger partial charge on any atom is -0.497 e. The topological polar surface area (TPSA) is 71.1 Å². The van der Waals surface area contributed by atoms with Crippen LogP contribution in [0.3, 0.4) is 0 Å². The van der Waals surface area contributed by atoms with Crippen LogP contribution in [0.25, 0.3) is 0 Å². The lowest BCUT2D eigenvalue weighted by Crippen LogP contribution is -2.47. The molecular weight excluding hydrogens is 346 g/mol. The monoisotopic (exact) mass is 373 g/mol. The minimum absolute atomic E-state index is 0.0288. The summed E-state index contributed by atoms with van der Waals surface area (Å²) in [5, 5.41) is 3.29. The summed E-state index contributed by atoms with van der Waals surface area (Å²) in [6.07, 6.45) is 2.06. The van der Waals surface area contributed by atoms with Gasteiger partial charge in [0.05, 0.1) is 19.7 Å². The van der Waals surface area contributed by atoms with Crippen LogP contribution in [0.1, 0.15) is 36.9 Å². The number of nitrogens with zero attached hydrogens (tertiary/aromatic N) is 2. The van der Waals surface area contributed by atoms with Crippen molar-refractivity contribution in [1.82, 2.24) is 15.1 Å². The lowest BCUT2D eigenvalue weighted by Gasteiger charge is -2.36. The highest BCUT2D eigenvalue weighted by atomic mass is 16.6. The first-order valence-electron chi connectivity index (χ1n) is 9.66. The van der Waals surface area contributed by atoms with Crippen molar-refractivity contribution in [1.29, 1.82) is 0 Å². The van der Waals surface area contributed by atoms with Crippen LogP contribution in [0, 0.1) is 0 Å². The fraction of sp³-hybridized carbons (Fsp3) is 0.600. The summed E-state index contributed by atoms with van der Waals surface area (Å²) in [5.41, 5.74) is 1.95. The van der Waals surface area contributed by atoms with Crippen LogP contribution in [-0.4, -0.2) is 67.2 Å². The molecule has 2 saturated heterocycles. The number of nitrogens with one attached hydrogen (secondary N) is 1. The van der Waals surface area contributed by atoms with Crippen molar-refractivity contribution in [3.63, 3.8) is 0 Å². The fourth-order valence-electron chi connectivity index (χ4n) is 4.47. The van der Waals surface area contributed by atoms with Crippen molar-refractivity contribution in [3.8, 4) is 5.75 Å². The Balaban J connectivity index is 1.45. The van der Waals surface area contributed by atoms with Crippen LogP contribution in [-0.2, 0) is 16.0 Å². The second-order valence-electron chi connectivity index (χ2n) is 7.73. The van der Waals surface area contributed by atoms with Crippen LogP contribution in [0.2, 0.25) is 0 Å². The van der Waals surface area contributed by atoms with Gasteiger partial charge in [-0.05, 0) is 49.7 Å². The van der Waals surface area contributed by atoms with Gasteiger partial charge in [-0.3, -0.25) is 9.69 Å². The summed E-state index contributed by atoms with van der Waals surface area (Å²) in [4.78, 5) is 28.7. The number of methoxy groups -OCH3 is 1. The molecule has 3 aliphatic heterocycles. The second-order valence-corrected chi connectivity index (χ2v) is 7.73. The summed E-state index contributed by atoms with van der Waals surface area (Å²) in [7, 11) is 1.65. The molecule has 1 aromatic rings. The summed E-state index contributed by atoms with van der Waals surface area (Å²) in [6, 6.07) is 6.00. The third-order valence-corrected chi connectivity index (χ3v) is 6.09. The number of hydrogen-bond donors (Lipinski definition) is 1. The van der Waals surface area contributed by atoms with E-state index in [1.807, 2.05) is 24.0 Å². The maximum Gasteiger partial charge on any atom is 0.410 e. The molecule has 0 aliphatic carbocycles. The van der Waals surface area contributed by atoms with Gasteiger partial charge in [0.2, 0.25) is 5.91 Å². The van der Waals surface area contributed by atoms with Crippen LogP contribution in [0.15, 0.2) is 18.2 Å². The first-order valence-corrected chi connectivity index (χ1v) is 9.66. The number of fused-ring (bicyclic) bond motifs is 1. The van der Waals surface area contributed by atoms with E-state index in [2.05, 4.69) is 11.4 Å².